The number of hydrogen-bond donors (Lipinski definition) is 1. The van der Waals surface area contributed by atoms with Crippen LogP contribution in [0, 0.1) is 0 Å². The summed E-state index contributed by atoms with van der Waals surface area (Å²) in [5, 5.41) is 11.3. The van der Waals surface area contributed by atoms with Gasteiger partial charge in [0.15, 0.2) is 0 Å². The van der Waals surface area contributed by atoms with Gasteiger partial charge in [0.1, 0.15) is 5.75 Å². The Balaban J connectivity index is 1.32. The summed E-state index contributed by atoms with van der Waals surface area (Å²) in [6, 6.07) is 7.05. The van der Waals surface area contributed by atoms with Gasteiger partial charge in [-0.3, -0.25) is 14.6 Å². The number of likely N-dealkylation sites (tertiary alicyclic amines) is 1. The van der Waals surface area contributed by atoms with Crippen molar-refractivity contribution in [1.29, 1.82) is 0 Å². The van der Waals surface area contributed by atoms with Crippen LogP contribution in [0.15, 0.2) is 42.7 Å². The zero-order valence-electron chi connectivity index (χ0n) is 16.9. The monoisotopic (exact) mass is 433 g/mol. The molecule has 1 saturated heterocycles. The fraction of sp³-hybridized carbons (Fsp3) is 0.381. The van der Waals surface area contributed by atoms with E-state index in [1.807, 2.05) is 6.07 Å². The highest BCUT2D eigenvalue weighted by atomic mass is 19.4. The Morgan fingerprint density at radius 3 is 2.87 bits per heavy atom. The molecule has 3 heterocycles. The lowest BCUT2D eigenvalue weighted by molar-refractivity contribution is -0.138. The first kappa shape index (κ1) is 21.0. The Hall–Kier alpha value is -3.30. The molecule has 4 rings (SSSR count). The first-order valence-electron chi connectivity index (χ1n) is 9.92. The van der Waals surface area contributed by atoms with Gasteiger partial charge < -0.3 is 9.64 Å². The molecule has 0 bridgehead atoms. The van der Waals surface area contributed by atoms with Crippen LogP contribution in [0.2, 0.25) is 0 Å². The molecule has 10 heteroatoms. The number of aryl methyl sites for hydroxylation is 1. The molecule has 1 aromatic carbocycles. The minimum Gasteiger partial charge on any atom is -0.493 e. The van der Waals surface area contributed by atoms with E-state index in [0.29, 0.717) is 25.1 Å². The van der Waals surface area contributed by atoms with E-state index in [9.17, 15) is 18.0 Å². The van der Waals surface area contributed by atoms with E-state index in [0.717, 1.165) is 23.9 Å². The van der Waals surface area contributed by atoms with Gasteiger partial charge in [0.25, 0.3) is 5.91 Å². The second-order valence-corrected chi connectivity index (χ2v) is 7.55. The molecule has 164 valence electrons. The molecule has 1 fully saturated rings. The number of hydrogen-bond acceptors (Lipinski definition) is 4. The van der Waals surface area contributed by atoms with Crippen molar-refractivity contribution in [2.45, 2.75) is 24.9 Å². The molecule has 1 aliphatic heterocycles. The number of nitrogens with zero attached hydrogens (tertiary/aromatic N) is 4. The van der Waals surface area contributed by atoms with Crippen LogP contribution in [-0.2, 0) is 19.6 Å². The third-order valence-electron chi connectivity index (χ3n) is 5.32. The lowest BCUT2D eigenvalue weighted by Crippen LogP contribution is -2.28. The maximum Gasteiger partial charge on any atom is 0.419 e. The van der Waals surface area contributed by atoms with Gasteiger partial charge in [0, 0.05) is 44.4 Å². The summed E-state index contributed by atoms with van der Waals surface area (Å²) < 4.78 is 46.1. The van der Waals surface area contributed by atoms with E-state index in [4.69, 9.17) is 4.74 Å². The molecule has 1 unspecified atom stereocenters. The molecule has 1 amide bonds. The highest BCUT2D eigenvalue weighted by Gasteiger charge is 2.34. The number of carbonyl (C=O) groups is 1. The molecule has 1 aliphatic rings. The van der Waals surface area contributed by atoms with Gasteiger partial charge in [-0.15, -0.1) is 0 Å². The average Bonchev–Trinajstić information content (AvgIpc) is 3.47. The van der Waals surface area contributed by atoms with Crippen molar-refractivity contribution in [1.82, 2.24) is 24.9 Å². The molecule has 0 spiro atoms. The van der Waals surface area contributed by atoms with E-state index in [-0.39, 0.29) is 24.2 Å². The van der Waals surface area contributed by atoms with Crippen molar-refractivity contribution in [2.75, 3.05) is 19.7 Å². The normalized spacial score (nSPS) is 16.6. The topological polar surface area (TPSA) is 76.0 Å². The van der Waals surface area contributed by atoms with Crippen LogP contribution in [0.3, 0.4) is 0 Å². The van der Waals surface area contributed by atoms with Crippen molar-refractivity contribution in [2.24, 2.45) is 7.05 Å². The highest BCUT2D eigenvalue weighted by Crippen LogP contribution is 2.36. The number of aromatic amines is 1. The Labute approximate surface area is 176 Å². The smallest absolute Gasteiger partial charge is 0.419 e. The Morgan fingerprint density at radius 2 is 2.13 bits per heavy atom. The largest absolute Gasteiger partial charge is 0.493 e. The predicted octanol–water partition coefficient (Wildman–Crippen LogP) is 3.41. The minimum atomic E-state index is -4.46. The number of amides is 1. The van der Waals surface area contributed by atoms with Crippen LogP contribution < -0.4 is 4.74 Å². The molecule has 1 atom stereocenters. The number of para-hydroxylation sites is 1. The van der Waals surface area contributed by atoms with Gasteiger partial charge in [0.05, 0.1) is 29.6 Å². The lowest BCUT2D eigenvalue weighted by Gasteiger charge is -2.14. The molecule has 0 radical (unpaired) electrons. The summed E-state index contributed by atoms with van der Waals surface area (Å²) in [6.45, 7) is 1.29. The van der Waals surface area contributed by atoms with Gasteiger partial charge in [-0.1, -0.05) is 12.1 Å². The minimum absolute atomic E-state index is 0.0527. The number of alkyl halides is 3. The van der Waals surface area contributed by atoms with Gasteiger partial charge >= 0.3 is 6.18 Å². The lowest BCUT2D eigenvalue weighted by atomic mass is 10.0. The number of halogens is 3. The third kappa shape index (κ3) is 4.73. The number of H-pyrrole nitrogens is 1. The van der Waals surface area contributed by atoms with Crippen LogP contribution in [0.5, 0.6) is 5.75 Å². The van der Waals surface area contributed by atoms with Crippen LogP contribution >= 0.6 is 0 Å². The average molecular weight is 433 g/mol. The SMILES string of the molecule is Cn1cc(C(=O)N2CCC(c3cc(CCOc4ccccc4C(F)(F)F)[nH]n3)C2)cn1. The van der Waals surface area contributed by atoms with Gasteiger partial charge in [-0.05, 0) is 24.6 Å². The molecule has 1 N–H and O–H groups in total. The second kappa shape index (κ2) is 8.44. The van der Waals surface area contributed by atoms with Crippen LogP contribution in [0.25, 0.3) is 0 Å². The van der Waals surface area contributed by atoms with Gasteiger partial charge in [-0.2, -0.15) is 23.4 Å². The molecule has 31 heavy (non-hydrogen) atoms. The van der Waals surface area contributed by atoms with Crippen molar-refractivity contribution >= 4 is 5.91 Å². The summed E-state index contributed by atoms with van der Waals surface area (Å²) in [6.07, 6.45) is -0.0200. The molecule has 2 aromatic heterocycles. The van der Waals surface area contributed by atoms with Crippen molar-refractivity contribution < 1.29 is 22.7 Å². The zero-order chi connectivity index (χ0) is 22.0. The third-order valence-corrected chi connectivity index (χ3v) is 5.32. The van der Waals surface area contributed by atoms with Crippen LogP contribution in [0.1, 0.15) is 39.6 Å². The fourth-order valence-corrected chi connectivity index (χ4v) is 3.71. The summed E-state index contributed by atoms with van der Waals surface area (Å²) in [5.41, 5.74) is 1.38. The first-order chi connectivity index (χ1) is 14.8. The van der Waals surface area contributed by atoms with Crippen LogP contribution in [-0.4, -0.2) is 50.5 Å². The predicted molar refractivity (Wildman–Crippen MR) is 106 cm³/mol. The van der Waals surface area contributed by atoms with E-state index >= 15 is 0 Å². The second-order valence-electron chi connectivity index (χ2n) is 7.55. The van der Waals surface area contributed by atoms with Crippen molar-refractivity contribution in [3.8, 4) is 5.75 Å². The number of aromatic nitrogens is 4. The fourth-order valence-electron chi connectivity index (χ4n) is 3.71. The van der Waals surface area contributed by atoms with E-state index < -0.39 is 11.7 Å². The number of benzene rings is 1. The molecular weight excluding hydrogens is 411 g/mol. The highest BCUT2D eigenvalue weighted by molar-refractivity contribution is 5.94. The van der Waals surface area contributed by atoms with Gasteiger partial charge in [-0.25, -0.2) is 0 Å². The summed E-state index contributed by atoms with van der Waals surface area (Å²) >= 11 is 0. The molecule has 0 saturated carbocycles. The van der Waals surface area contributed by atoms with Crippen molar-refractivity contribution in [3.05, 3.63) is 65.2 Å². The van der Waals surface area contributed by atoms with E-state index in [1.54, 1.807) is 29.0 Å². The number of nitrogens with one attached hydrogen (secondary N) is 1. The Kier molecular flexibility index (Phi) is 5.71. The molecular formula is C21H22F3N5O2. The maximum atomic E-state index is 13.0. The summed E-state index contributed by atoms with van der Waals surface area (Å²) in [5.74, 6) is -0.129. The standard InChI is InChI=1S/C21H22F3N5O2/c1-28-12-15(11-25-28)20(30)29-8-6-14(13-29)18-10-16(26-27-18)7-9-31-19-5-3-2-4-17(19)21(22,23)24/h2-5,10-12,14H,6-9,13H2,1H3,(H,26,27). The first-order valence-corrected chi connectivity index (χ1v) is 9.92. The molecule has 3 aromatic rings. The zero-order valence-corrected chi connectivity index (χ0v) is 16.9. The molecule has 7 nitrogen and oxygen atoms in total. The van der Waals surface area contributed by atoms with Gasteiger partial charge in [0.2, 0.25) is 0 Å². The van der Waals surface area contributed by atoms with Crippen LogP contribution in [0.4, 0.5) is 13.2 Å². The number of carbonyl (C=O) groups excluding carboxylic acids is 1. The molecule has 0 aliphatic carbocycles. The number of rotatable bonds is 6. The quantitative estimate of drug-likeness (QED) is 0.647. The Morgan fingerprint density at radius 1 is 1.32 bits per heavy atom. The maximum absolute atomic E-state index is 13.0. The summed E-state index contributed by atoms with van der Waals surface area (Å²) in [7, 11) is 1.76. The van der Waals surface area contributed by atoms with E-state index in [2.05, 4.69) is 15.3 Å². The summed E-state index contributed by atoms with van der Waals surface area (Å²) in [4.78, 5) is 14.3. The number of ether oxygens (including phenoxy) is 1. The van der Waals surface area contributed by atoms with Crippen molar-refractivity contribution in [3.63, 3.8) is 0 Å². The Bertz CT molecular complexity index is 1060. The van der Waals surface area contributed by atoms with E-state index in [1.165, 1.54) is 18.2 Å².